The zero-order valence-electron chi connectivity index (χ0n) is 17.8. The normalized spacial score (nSPS) is 29.1. The van der Waals surface area contributed by atoms with Crippen molar-refractivity contribution in [3.05, 3.63) is 11.1 Å². The lowest BCUT2D eigenvalue weighted by atomic mass is 9.71. The minimum absolute atomic E-state index is 0.0670. The van der Waals surface area contributed by atoms with Gasteiger partial charge in [0.05, 0.1) is 0 Å². The van der Waals surface area contributed by atoms with E-state index in [2.05, 4.69) is 9.88 Å². The molecule has 0 aliphatic carbocycles. The van der Waals surface area contributed by atoms with Crippen molar-refractivity contribution in [2.24, 2.45) is 11.8 Å². The Hall–Kier alpha value is -2.69. The maximum Gasteiger partial charge on any atom is 0.355 e. The molecule has 0 aromatic carbocycles. The first-order valence-corrected chi connectivity index (χ1v) is 11.9. The standard InChI is InChI=1S/C20H26N4O4S.CH2O2/c25-16-5-3-4-15-12-8-13(17(24(15)16)18(26)22-6-1-2-7-22)10-23(9-12)20-21-14(11-29-20)19(27)28;2-1-3/h11-13,15,17H,1-10H2,(H,27,28);1H,(H,2,3)/t12-,13+,15+,17-;/m1./s1. The van der Waals surface area contributed by atoms with Crippen LogP contribution in [0.15, 0.2) is 5.38 Å². The van der Waals surface area contributed by atoms with E-state index in [1.54, 1.807) is 5.38 Å². The number of hydrogen-bond donors (Lipinski definition) is 2. The highest BCUT2D eigenvalue weighted by molar-refractivity contribution is 7.13. The zero-order valence-corrected chi connectivity index (χ0v) is 18.6. The van der Waals surface area contributed by atoms with Gasteiger partial charge in [-0.15, -0.1) is 11.3 Å². The Morgan fingerprint density at radius 1 is 1.16 bits per heavy atom. The predicted octanol–water partition coefficient (Wildman–Crippen LogP) is 1.37. The molecule has 0 radical (unpaired) electrons. The van der Waals surface area contributed by atoms with E-state index in [1.807, 2.05) is 9.80 Å². The van der Waals surface area contributed by atoms with Crippen molar-refractivity contribution in [1.82, 2.24) is 14.8 Å². The van der Waals surface area contributed by atoms with Gasteiger partial charge in [-0.05, 0) is 38.0 Å². The highest BCUT2D eigenvalue weighted by Crippen LogP contribution is 2.43. The number of amides is 2. The molecule has 4 atom stereocenters. The van der Waals surface area contributed by atoms with Crippen LogP contribution in [0.5, 0.6) is 0 Å². The summed E-state index contributed by atoms with van der Waals surface area (Å²) in [6.45, 7) is 2.73. The number of carbonyl (C=O) groups excluding carboxylic acids is 2. The number of carboxylic acid groups (broad SMARTS) is 2. The lowest BCUT2D eigenvalue weighted by molar-refractivity contribution is -0.160. The Labute approximate surface area is 189 Å². The summed E-state index contributed by atoms with van der Waals surface area (Å²) < 4.78 is 0. The molecule has 0 spiro atoms. The summed E-state index contributed by atoms with van der Waals surface area (Å²) >= 11 is 1.35. The molecule has 4 fully saturated rings. The second-order valence-corrected chi connectivity index (χ2v) is 9.66. The number of aromatic nitrogens is 1. The lowest BCUT2D eigenvalue weighted by Gasteiger charge is -2.56. The van der Waals surface area contributed by atoms with Crippen LogP contribution >= 0.6 is 11.3 Å². The first-order chi connectivity index (χ1) is 15.4. The molecule has 4 aliphatic heterocycles. The highest BCUT2D eigenvalue weighted by Gasteiger charge is 2.53. The number of likely N-dealkylation sites (tertiary alicyclic amines) is 1. The highest BCUT2D eigenvalue weighted by atomic mass is 32.1. The number of aromatic carboxylic acids is 1. The van der Waals surface area contributed by atoms with Crippen LogP contribution in [0, 0.1) is 11.8 Å². The van der Waals surface area contributed by atoms with E-state index >= 15 is 0 Å². The summed E-state index contributed by atoms with van der Waals surface area (Å²) in [6, 6.07) is -0.283. The number of rotatable bonds is 3. The molecule has 5 rings (SSSR count). The lowest BCUT2D eigenvalue weighted by Crippen LogP contribution is -2.68. The van der Waals surface area contributed by atoms with Crippen LogP contribution in [0.1, 0.15) is 49.0 Å². The second-order valence-electron chi connectivity index (χ2n) is 8.82. The van der Waals surface area contributed by atoms with Gasteiger partial charge in [-0.2, -0.15) is 0 Å². The summed E-state index contributed by atoms with van der Waals surface area (Å²) in [6.07, 6.45) is 5.38. The fraction of sp³-hybridized carbons (Fsp3) is 0.667. The van der Waals surface area contributed by atoms with Crippen LogP contribution in [-0.2, 0) is 14.4 Å². The predicted molar refractivity (Wildman–Crippen MR) is 116 cm³/mol. The van der Waals surface area contributed by atoms with Crippen molar-refractivity contribution in [3.8, 4) is 0 Å². The van der Waals surface area contributed by atoms with Crippen LogP contribution in [0.3, 0.4) is 0 Å². The molecule has 4 saturated heterocycles. The summed E-state index contributed by atoms with van der Waals surface area (Å²) in [4.78, 5) is 56.3. The van der Waals surface area contributed by atoms with E-state index in [1.165, 1.54) is 11.3 Å². The Kier molecular flexibility index (Phi) is 6.63. The molecule has 1 aromatic rings. The number of nitrogens with zero attached hydrogens (tertiary/aromatic N) is 4. The van der Waals surface area contributed by atoms with E-state index in [-0.39, 0.29) is 42.0 Å². The number of thiazole rings is 1. The van der Waals surface area contributed by atoms with Crippen molar-refractivity contribution in [2.45, 2.75) is 50.6 Å². The Bertz CT molecular complexity index is 885. The van der Waals surface area contributed by atoms with Gasteiger partial charge in [0.25, 0.3) is 6.47 Å². The van der Waals surface area contributed by atoms with Crippen LogP contribution in [0.4, 0.5) is 5.13 Å². The SMILES string of the molecule is O=C(O)c1csc(N2C[C@H]3C[C@@H](C2)[C@H](C(=O)N2CCCC2)N2C(=O)CCC[C@@H]32)n1.O=CO. The van der Waals surface area contributed by atoms with Gasteiger partial charge in [-0.1, -0.05) is 0 Å². The van der Waals surface area contributed by atoms with Crippen LogP contribution < -0.4 is 4.90 Å². The first kappa shape index (κ1) is 22.5. The molecular weight excluding hydrogens is 436 g/mol. The van der Waals surface area contributed by atoms with Gasteiger partial charge in [0, 0.05) is 49.9 Å². The summed E-state index contributed by atoms with van der Waals surface area (Å²) in [5.74, 6) is -0.409. The van der Waals surface area contributed by atoms with Crippen LogP contribution in [0.2, 0.25) is 0 Å². The molecule has 10 nitrogen and oxygen atoms in total. The molecule has 0 unspecified atom stereocenters. The quantitative estimate of drug-likeness (QED) is 0.641. The van der Waals surface area contributed by atoms with Gasteiger partial charge in [-0.3, -0.25) is 14.4 Å². The van der Waals surface area contributed by atoms with E-state index in [0.717, 1.165) is 51.7 Å². The largest absolute Gasteiger partial charge is 0.483 e. The van der Waals surface area contributed by atoms with Crippen molar-refractivity contribution in [3.63, 3.8) is 0 Å². The van der Waals surface area contributed by atoms with Gasteiger partial charge in [-0.25, -0.2) is 9.78 Å². The minimum Gasteiger partial charge on any atom is -0.483 e. The van der Waals surface area contributed by atoms with E-state index < -0.39 is 5.97 Å². The Balaban J connectivity index is 0.000000775. The maximum absolute atomic E-state index is 13.5. The molecule has 2 amide bonds. The molecule has 4 aliphatic rings. The number of piperidine rings is 3. The second kappa shape index (κ2) is 9.43. The van der Waals surface area contributed by atoms with E-state index in [0.29, 0.717) is 24.0 Å². The topological polar surface area (TPSA) is 131 Å². The van der Waals surface area contributed by atoms with Crippen LogP contribution in [-0.4, -0.2) is 87.5 Å². The Morgan fingerprint density at radius 2 is 1.84 bits per heavy atom. The smallest absolute Gasteiger partial charge is 0.355 e. The first-order valence-electron chi connectivity index (χ1n) is 11.1. The molecule has 32 heavy (non-hydrogen) atoms. The average Bonchev–Trinajstić information content (AvgIpc) is 3.47. The minimum atomic E-state index is -1.02. The molecule has 1 aromatic heterocycles. The summed E-state index contributed by atoms with van der Waals surface area (Å²) in [5, 5.41) is 18.4. The molecular formula is C21H28N4O6S. The van der Waals surface area contributed by atoms with Crippen molar-refractivity contribution in [1.29, 1.82) is 0 Å². The maximum atomic E-state index is 13.5. The summed E-state index contributed by atoms with van der Waals surface area (Å²) in [5.41, 5.74) is 0.0693. The van der Waals surface area contributed by atoms with Crippen molar-refractivity contribution < 1.29 is 29.4 Å². The van der Waals surface area contributed by atoms with Gasteiger partial charge in [0.15, 0.2) is 10.8 Å². The van der Waals surface area contributed by atoms with Gasteiger partial charge < -0.3 is 24.9 Å². The number of anilines is 1. The van der Waals surface area contributed by atoms with Gasteiger partial charge in [0.2, 0.25) is 11.8 Å². The zero-order chi connectivity index (χ0) is 22.8. The Morgan fingerprint density at radius 3 is 2.50 bits per heavy atom. The average molecular weight is 465 g/mol. The molecule has 11 heteroatoms. The number of carbonyl (C=O) groups is 4. The third kappa shape index (κ3) is 4.17. The van der Waals surface area contributed by atoms with Gasteiger partial charge >= 0.3 is 5.97 Å². The van der Waals surface area contributed by atoms with Crippen molar-refractivity contribution in [2.75, 3.05) is 31.1 Å². The number of fused-ring (bicyclic) bond motifs is 4. The van der Waals surface area contributed by atoms with Gasteiger partial charge in [0.1, 0.15) is 6.04 Å². The third-order valence-corrected chi connectivity index (χ3v) is 7.90. The fourth-order valence-electron chi connectivity index (χ4n) is 5.76. The number of hydrogen-bond acceptors (Lipinski definition) is 7. The molecule has 0 saturated carbocycles. The monoisotopic (exact) mass is 464 g/mol. The molecule has 5 heterocycles. The molecule has 2 bridgehead atoms. The van der Waals surface area contributed by atoms with E-state index in [4.69, 9.17) is 9.90 Å². The molecule has 2 N–H and O–H groups in total. The fourth-order valence-corrected chi connectivity index (χ4v) is 6.58. The van der Waals surface area contributed by atoms with Crippen LogP contribution in [0.25, 0.3) is 0 Å². The van der Waals surface area contributed by atoms with Crippen molar-refractivity contribution >= 4 is 40.7 Å². The van der Waals surface area contributed by atoms with E-state index in [9.17, 15) is 19.5 Å². The third-order valence-electron chi connectivity index (χ3n) is 6.99. The molecule has 174 valence electrons. The number of carboxylic acids is 1. The summed E-state index contributed by atoms with van der Waals surface area (Å²) in [7, 11) is 0.